The van der Waals surface area contributed by atoms with Gasteiger partial charge in [0, 0.05) is 12.6 Å². The van der Waals surface area contributed by atoms with Crippen molar-refractivity contribution in [1.82, 2.24) is 4.90 Å². The molecule has 0 unspecified atom stereocenters. The van der Waals surface area contributed by atoms with Crippen LogP contribution in [0.4, 0.5) is 0 Å². The average Bonchev–Trinajstić information content (AvgIpc) is 2.27. The molecule has 0 heterocycles. The van der Waals surface area contributed by atoms with Gasteiger partial charge in [-0.1, -0.05) is 20.8 Å². The van der Waals surface area contributed by atoms with Gasteiger partial charge in [-0.2, -0.15) is 0 Å². The summed E-state index contributed by atoms with van der Waals surface area (Å²) in [5.41, 5.74) is 0.490. The van der Waals surface area contributed by atoms with Gasteiger partial charge in [-0.25, -0.2) is 0 Å². The zero-order valence-electron chi connectivity index (χ0n) is 13.3. The van der Waals surface area contributed by atoms with E-state index in [-0.39, 0.29) is 0 Å². The van der Waals surface area contributed by atoms with Crippen molar-refractivity contribution in [2.45, 2.75) is 72.4 Å². The van der Waals surface area contributed by atoms with Gasteiger partial charge in [0.1, 0.15) is 0 Å². The van der Waals surface area contributed by atoms with Crippen LogP contribution in [0.3, 0.4) is 0 Å². The van der Waals surface area contributed by atoms with E-state index in [1.165, 1.54) is 25.7 Å². The van der Waals surface area contributed by atoms with E-state index in [1.54, 1.807) is 0 Å². The highest BCUT2D eigenvalue weighted by Crippen LogP contribution is 2.38. The van der Waals surface area contributed by atoms with Gasteiger partial charge < -0.3 is 9.64 Å². The third-order valence-corrected chi connectivity index (χ3v) is 4.44. The fourth-order valence-electron chi connectivity index (χ4n) is 3.00. The van der Waals surface area contributed by atoms with Gasteiger partial charge in [-0.3, -0.25) is 0 Å². The first kappa shape index (κ1) is 16.0. The number of rotatable bonds is 5. The Labute approximate surface area is 114 Å². The van der Waals surface area contributed by atoms with Crippen molar-refractivity contribution in [2.75, 3.05) is 20.2 Å². The topological polar surface area (TPSA) is 12.5 Å². The molecule has 108 valence electrons. The lowest BCUT2D eigenvalue weighted by Crippen LogP contribution is -2.39. The Balaban J connectivity index is 2.25. The highest BCUT2D eigenvalue weighted by atomic mass is 16.5. The molecular weight excluding hydrogens is 222 g/mol. The Morgan fingerprint density at radius 1 is 1.11 bits per heavy atom. The van der Waals surface area contributed by atoms with Crippen molar-refractivity contribution < 1.29 is 4.74 Å². The summed E-state index contributed by atoms with van der Waals surface area (Å²) in [6.45, 7) is 13.3. The maximum atomic E-state index is 5.64. The predicted molar refractivity (Wildman–Crippen MR) is 78.9 cm³/mol. The highest BCUT2D eigenvalue weighted by Gasteiger charge is 2.30. The van der Waals surface area contributed by atoms with Crippen molar-refractivity contribution in [1.29, 1.82) is 0 Å². The van der Waals surface area contributed by atoms with Gasteiger partial charge in [0.2, 0.25) is 0 Å². The molecule has 0 spiro atoms. The molecule has 18 heavy (non-hydrogen) atoms. The Kier molecular flexibility index (Phi) is 6.13. The second kappa shape index (κ2) is 6.91. The number of likely N-dealkylation sites (N-methyl/N-ethyl adjacent to an activating group) is 1. The molecular formula is C16H33NO. The van der Waals surface area contributed by atoms with Crippen LogP contribution in [-0.2, 0) is 4.74 Å². The molecule has 0 aromatic carbocycles. The van der Waals surface area contributed by atoms with E-state index < -0.39 is 0 Å². The first-order chi connectivity index (χ1) is 8.30. The molecule has 1 aliphatic carbocycles. The predicted octanol–water partition coefficient (Wildman–Crippen LogP) is 3.95. The lowest BCUT2D eigenvalue weighted by Gasteiger charge is -2.40. The molecule has 0 saturated heterocycles. The summed E-state index contributed by atoms with van der Waals surface area (Å²) in [5.74, 6) is 0.911. The number of hydrogen-bond acceptors (Lipinski definition) is 2. The van der Waals surface area contributed by atoms with Crippen LogP contribution in [0.1, 0.15) is 60.3 Å². The maximum absolute atomic E-state index is 5.64. The molecule has 1 aliphatic rings. The van der Waals surface area contributed by atoms with E-state index in [1.807, 2.05) is 0 Å². The zero-order valence-corrected chi connectivity index (χ0v) is 13.3. The molecule has 1 saturated carbocycles. The fraction of sp³-hybridized carbons (Fsp3) is 1.00. The summed E-state index contributed by atoms with van der Waals surface area (Å²) in [6.07, 6.45) is 5.86. The van der Waals surface area contributed by atoms with Gasteiger partial charge in [0.25, 0.3) is 0 Å². The van der Waals surface area contributed by atoms with Crippen molar-refractivity contribution >= 4 is 0 Å². The highest BCUT2D eigenvalue weighted by molar-refractivity contribution is 4.83. The minimum Gasteiger partial charge on any atom is -0.377 e. The molecule has 0 bridgehead atoms. The molecule has 0 N–H and O–H groups in total. The molecule has 1 fully saturated rings. The number of hydrogen-bond donors (Lipinski definition) is 0. The van der Waals surface area contributed by atoms with Crippen LogP contribution < -0.4 is 0 Å². The van der Waals surface area contributed by atoms with E-state index in [4.69, 9.17) is 4.74 Å². The molecule has 0 atom stereocenters. The van der Waals surface area contributed by atoms with Gasteiger partial charge in [0.15, 0.2) is 0 Å². The van der Waals surface area contributed by atoms with Crippen LogP contribution in [0.2, 0.25) is 0 Å². The summed E-state index contributed by atoms with van der Waals surface area (Å²) < 4.78 is 5.64. The molecule has 2 heteroatoms. The fourth-order valence-corrected chi connectivity index (χ4v) is 3.00. The summed E-state index contributed by atoms with van der Waals surface area (Å²) in [5, 5.41) is 0. The molecule has 0 aromatic rings. The molecule has 1 rings (SSSR count). The third kappa shape index (κ3) is 5.27. The second-order valence-electron chi connectivity index (χ2n) is 7.27. The van der Waals surface area contributed by atoms with Crippen LogP contribution in [0.25, 0.3) is 0 Å². The first-order valence-corrected chi connectivity index (χ1v) is 7.62. The van der Waals surface area contributed by atoms with Gasteiger partial charge in [0.05, 0.1) is 12.7 Å². The summed E-state index contributed by atoms with van der Waals surface area (Å²) >= 11 is 0. The minimum absolute atomic E-state index is 0.357. The first-order valence-electron chi connectivity index (χ1n) is 7.62. The monoisotopic (exact) mass is 255 g/mol. The lowest BCUT2D eigenvalue weighted by molar-refractivity contribution is 0.0438. The van der Waals surface area contributed by atoms with Crippen molar-refractivity contribution in [3.8, 4) is 0 Å². The van der Waals surface area contributed by atoms with Gasteiger partial charge in [-0.05, 0) is 57.9 Å². The largest absolute Gasteiger partial charge is 0.377 e. The Morgan fingerprint density at radius 2 is 1.67 bits per heavy atom. The van der Waals surface area contributed by atoms with E-state index in [2.05, 4.69) is 46.6 Å². The molecule has 0 amide bonds. The van der Waals surface area contributed by atoms with Crippen LogP contribution in [0.15, 0.2) is 0 Å². The summed E-state index contributed by atoms with van der Waals surface area (Å²) in [4.78, 5) is 2.50. The average molecular weight is 255 g/mol. The molecule has 0 aromatic heterocycles. The molecule has 0 radical (unpaired) electrons. The smallest absolute Gasteiger partial charge is 0.0596 e. The van der Waals surface area contributed by atoms with Crippen LogP contribution in [0.5, 0.6) is 0 Å². The molecule has 2 nitrogen and oxygen atoms in total. The SMILES string of the molecule is CC(C)OCCN(C)C1CCC(C(C)(C)C)CC1. The lowest BCUT2D eigenvalue weighted by atomic mass is 9.71. The van der Waals surface area contributed by atoms with Crippen molar-refractivity contribution in [2.24, 2.45) is 11.3 Å². The molecule has 0 aliphatic heterocycles. The van der Waals surface area contributed by atoms with E-state index in [0.29, 0.717) is 11.5 Å². The normalized spacial score (nSPS) is 26.0. The minimum atomic E-state index is 0.357. The van der Waals surface area contributed by atoms with Crippen LogP contribution in [-0.4, -0.2) is 37.2 Å². The number of nitrogens with zero attached hydrogens (tertiary/aromatic N) is 1. The Hall–Kier alpha value is -0.0800. The van der Waals surface area contributed by atoms with Crippen molar-refractivity contribution in [3.63, 3.8) is 0 Å². The van der Waals surface area contributed by atoms with E-state index in [9.17, 15) is 0 Å². The van der Waals surface area contributed by atoms with Crippen LogP contribution in [0, 0.1) is 11.3 Å². The standard InChI is InChI=1S/C16H33NO/c1-13(2)18-12-11-17(6)15-9-7-14(8-10-15)16(3,4)5/h13-15H,7-12H2,1-6H3. The van der Waals surface area contributed by atoms with E-state index in [0.717, 1.165) is 25.1 Å². The summed E-state index contributed by atoms with van der Waals surface area (Å²) in [6, 6.07) is 0.777. The zero-order chi connectivity index (χ0) is 13.8. The Morgan fingerprint density at radius 3 is 2.11 bits per heavy atom. The van der Waals surface area contributed by atoms with Gasteiger partial charge in [-0.15, -0.1) is 0 Å². The quantitative estimate of drug-likeness (QED) is 0.737. The van der Waals surface area contributed by atoms with Crippen molar-refractivity contribution in [3.05, 3.63) is 0 Å². The van der Waals surface area contributed by atoms with Gasteiger partial charge >= 0.3 is 0 Å². The maximum Gasteiger partial charge on any atom is 0.0596 e. The number of ether oxygens (including phenoxy) is 1. The third-order valence-electron chi connectivity index (χ3n) is 4.44. The van der Waals surface area contributed by atoms with Crippen LogP contribution >= 0.6 is 0 Å². The summed E-state index contributed by atoms with van der Waals surface area (Å²) in [7, 11) is 2.26. The second-order valence-corrected chi connectivity index (χ2v) is 7.27. The Bertz CT molecular complexity index is 224. The van der Waals surface area contributed by atoms with E-state index >= 15 is 0 Å².